The van der Waals surface area contributed by atoms with E-state index in [2.05, 4.69) is 36.7 Å². The number of carbonyl (C=O) groups is 5. The number of urea groups is 1. The monoisotopic (exact) mass is 671 g/mol. The molecule has 2 aliphatic rings. The van der Waals surface area contributed by atoms with Crippen LogP contribution in [0.25, 0.3) is 0 Å². The maximum Gasteiger partial charge on any atom is 0.315 e. The average molecular weight is 672 g/mol. The van der Waals surface area contributed by atoms with Gasteiger partial charge in [-0.2, -0.15) is 0 Å². The van der Waals surface area contributed by atoms with E-state index < -0.39 is 52.7 Å². The second kappa shape index (κ2) is 18.8. The smallest absolute Gasteiger partial charge is 0.315 e. The van der Waals surface area contributed by atoms with Gasteiger partial charge in [-0.3, -0.25) is 19.2 Å². The maximum atomic E-state index is 14.0. The van der Waals surface area contributed by atoms with Crippen LogP contribution in [0.5, 0.6) is 5.75 Å². The average Bonchev–Trinajstić information content (AvgIpc) is 3.46. The third kappa shape index (κ3) is 12.4. The van der Waals surface area contributed by atoms with Crippen LogP contribution >= 0.6 is 0 Å². The number of hydrogen-bond acceptors (Lipinski definition) is 6. The number of benzene rings is 1. The molecule has 6 N–H and O–H groups in total. The van der Waals surface area contributed by atoms with Gasteiger partial charge in [0, 0.05) is 12.1 Å². The van der Waals surface area contributed by atoms with Gasteiger partial charge in [0.15, 0.2) is 0 Å². The Labute approximate surface area is 287 Å². The molecule has 4 atom stereocenters. The summed E-state index contributed by atoms with van der Waals surface area (Å²) in [7, 11) is 0. The molecule has 3 rings (SSSR count). The highest BCUT2D eigenvalue weighted by Gasteiger charge is 2.43. The Balaban J connectivity index is 0.00000257. The number of nitrogens with zero attached hydrogens (tertiary/aromatic N) is 1. The molecule has 48 heavy (non-hydrogen) atoms. The number of unbranched alkanes of at least 4 members (excludes halogenated alkanes) is 2. The van der Waals surface area contributed by atoms with E-state index in [1.54, 1.807) is 18.2 Å². The number of carbonyl (C=O) groups excluding carboxylic acids is 5. The van der Waals surface area contributed by atoms with Gasteiger partial charge in [-0.25, -0.2) is 4.79 Å². The van der Waals surface area contributed by atoms with Gasteiger partial charge in [-0.1, -0.05) is 98.6 Å². The number of likely N-dealkylation sites (tertiary alicyclic amines) is 1. The molecule has 1 saturated heterocycles. The van der Waals surface area contributed by atoms with Crippen molar-refractivity contribution in [2.75, 3.05) is 6.54 Å². The van der Waals surface area contributed by atoms with Gasteiger partial charge in [0.25, 0.3) is 5.91 Å². The molecule has 0 radical (unpaired) electrons. The Kier molecular flexibility index (Phi) is 15.9. The number of ketones is 1. The first-order valence-corrected chi connectivity index (χ1v) is 17.9. The van der Waals surface area contributed by atoms with Crippen LogP contribution in [0.2, 0.25) is 0 Å². The molecule has 2 fully saturated rings. The molecule has 1 aliphatic heterocycles. The van der Waals surface area contributed by atoms with Crippen LogP contribution in [0.3, 0.4) is 0 Å². The molecule has 11 heteroatoms. The van der Waals surface area contributed by atoms with Crippen molar-refractivity contribution in [1.82, 2.24) is 20.9 Å². The van der Waals surface area contributed by atoms with Crippen LogP contribution in [-0.4, -0.2) is 69.8 Å². The lowest BCUT2D eigenvalue weighted by Crippen LogP contribution is -2.62. The second-order valence-electron chi connectivity index (χ2n) is 15.0. The number of hydrogen-bond donors (Lipinski definition) is 5. The fraction of sp³-hybridized carbons (Fsp3) is 0.703. The highest BCUT2D eigenvalue weighted by Crippen LogP contribution is 2.31. The minimum absolute atomic E-state index is 0.156. The Morgan fingerprint density at radius 1 is 0.979 bits per heavy atom. The molecule has 1 aromatic carbocycles. The Bertz CT molecular complexity index is 1240. The largest absolute Gasteiger partial charge is 0.508 e. The van der Waals surface area contributed by atoms with Crippen molar-refractivity contribution in [1.29, 1.82) is 0 Å². The normalized spacial score (nSPS) is 18.6. The fourth-order valence-electron chi connectivity index (χ4n) is 6.37. The molecule has 1 heterocycles. The van der Waals surface area contributed by atoms with Gasteiger partial charge >= 0.3 is 6.03 Å². The van der Waals surface area contributed by atoms with Gasteiger partial charge in [0.05, 0.1) is 6.04 Å². The van der Waals surface area contributed by atoms with Gasteiger partial charge in [-0.05, 0) is 68.1 Å². The Hall–Kier alpha value is -3.63. The molecule has 1 aliphatic carbocycles. The Morgan fingerprint density at radius 2 is 1.65 bits per heavy atom. The molecule has 0 spiro atoms. The molecule has 1 saturated carbocycles. The number of primary amides is 1. The highest BCUT2D eigenvalue weighted by molar-refractivity contribution is 6.37. The number of nitrogens with one attached hydrogen (secondary N) is 3. The summed E-state index contributed by atoms with van der Waals surface area (Å²) >= 11 is 0. The van der Waals surface area contributed by atoms with Crippen molar-refractivity contribution in [3.05, 3.63) is 29.8 Å². The minimum atomic E-state index is -1.09. The molecular formula is C37H61N5O6. The topological polar surface area (TPSA) is 171 Å². The van der Waals surface area contributed by atoms with Crippen molar-refractivity contribution < 1.29 is 29.1 Å². The third-order valence-electron chi connectivity index (χ3n) is 9.15. The predicted octanol–water partition coefficient (Wildman–Crippen LogP) is 5.12. The molecule has 270 valence electrons. The first kappa shape index (κ1) is 40.5. The number of Topliss-reactive ketones (excluding diaryl/α,β-unsaturated/α-hetero) is 1. The zero-order chi connectivity index (χ0) is 36.1. The molecule has 0 aromatic heterocycles. The van der Waals surface area contributed by atoms with Crippen LogP contribution < -0.4 is 21.7 Å². The summed E-state index contributed by atoms with van der Waals surface area (Å²) in [6, 6.07) is 3.69. The highest BCUT2D eigenvalue weighted by atomic mass is 16.3. The molecule has 3 unspecified atom stereocenters. The number of phenols is 1. The van der Waals surface area contributed by atoms with E-state index in [1.807, 2.05) is 33.8 Å². The Morgan fingerprint density at radius 3 is 2.19 bits per heavy atom. The lowest BCUT2D eigenvalue weighted by Gasteiger charge is -2.37. The second-order valence-corrected chi connectivity index (χ2v) is 15.0. The molecule has 1 aromatic rings. The number of aromatic hydroxyl groups is 1. The van der Waals surface area contributed by atoms with Crippen LogP contribution in [0.1, 0.15) is 125 Å². The molecular weight excluding hydrogens is 610 g/mol. The third-order valence-corrected chi connectivity index (χ3v) is 9.15. The van der Waals surface area contributed by atoms with E-state index in [-0.39, 0.29) is 17.6 Å². The van der Waals surface area contributed by atoms with E-state index >= 15 is 0 Å². The number of rotatable bonds is 15. The van der Waals surface area contributed by atoms with Crippen molar-refractivity contribution >= 4 is 29.5 Å². The standard InChI is InChI=1S/C34H53N5O6.C3H8/c1-6-7-8-17-34(5,21-23-14-10-15-24(40)19-23)38-32(45)37-28(33(2,3)4)31(44)39-18-11-16-26(39)30(43)36-25(27(41)29(35)42)20-22-12-9-13-22;1-3-2/h10,14-15,19,22,25-26,28,40H,6-9,11-13,16-18,20-21H2,1-5H3,(H2,35,42)(H,36,43)(H2,37,38,45);3H2,1-2H3/t25?,26-,28?,34?;/m0./s1. The summed E-state index contributed by atoms with van der Waals surface area (Å²) in [6.07, 6.45) is 9.63. The molecule has 11 nitrogen and oxygen atoms in total. The predicted molar refractivity (Wildman–Crippen MR) is 188 cm³/mol. The van der Waals surface area contributed by atoms with Crippen molar-refractivity contribution in [2.45, 2.75) is 149 Å². The quantitative estimate of drug-likeness (QED) is 0.128. The number of phenolic OH excluding ortho intramolecular Hbond substituents is 1. The summed E-state index contributed by atoms with van der Waals surface area (Å²) in [6.45, 7) is 14.2. The number of amides is 5. The lowest BCUT2D eigenvalue weighted by molar-refractivity contribution is -0.143. The van der Waals surface area contributed by atoms with Gasteiger partial charge < -0.3 is 31.7 Å². The van der Waals surface area contributed by atoms with Crippen LogP contribution in [0, 0.1) is 11.3 Å². The van der Waals surface area contributed by atoms with Crippen molar-refractivity contribution in [3.8, 4) is 5.75 Å². The molecule has 0 bridgehead atoms. The summed E-state index contributed by atoms with van der Waals surface area (Å²) in [5.74, 6) is -2.39. The first-order valence-electron chi connectivity index (χ1n) is 17.9. The minimum Gasteiger partial charge on any atom is -0.508 e. The SMILES string of the molecule is CCC.CCCCCC(C)(Cc1cccc(O)c1)NC(=O)NC(C(=O)N1CCC[C@H]1C(=O)NC(CC1CCC1)C(=O)C(N)=O)C(C)(C)C. The van der Waals surface area contributed by atoms with Crippen molar-refractivity contribution in [2.24, 2.45) is 17.1 Å². The van der Waals surface area contributed by atoms with E-state index in [1.165, 1.54) is 11.3 Å². The zero-order valence-corrected chi connectivity index (χ0v) is 30.3. The van der Waals surface area contributed by atoms with Crippen LogP contribution in [0.4, 0.5) is 4.79 Å². The van der Waals surface area contributed by atoms with E-state index in [0.717, 1.165) is 44.1 Å². The summed E-state index contributed by atoms with van der Waals surface area (Å²) in [4.78, 5) is 66.8. The fourth-order valence-corrected chi connectivity index (χ4v) is 6.37. The summed E-state index contributed by atoms with van der Waals surface area (Å²) < 4.78 is 0. The van der Waals surface area contributed by atoms with Gasteiger partial charge in [-0.15, -0.1) is 0 Å². The summed E-state index contributed by atoms with van der Waals surface area (Å²) in [5, 5.41) is 18.7. The van der Waals surface area contributed by atoms with E-state index in [9.17, 15) is 29.1 Å². The van der Waals surface area contributed by atoms with E-state index in [4.69, 9.17) is 5.73 Å². The van der Waals surface area contributed by atoms with E-state index in [0.29, 0.717) is 38.6 Å². The molecule has 5 amide bonds. The van der Waals surface area contributed by atoms with Crippen LogP contribution in [-0.2, 0) is 25.6 Å². The summed E-state index contributed by atoms with van der Waals surface area (Å²) in [5.41, 5.74) is 4.83. The van der Waals surface area contributed by atoms with Crippen molar-refractivity contribution in [3.63, 3.8) is 0 Å². The lowest BCUT2D eigenvalue weighted by atomic mass is 9.80. The van der Waals surface area contributed by atoms with Gasteiger partial charge in [0.1, 0.15) is 17.8 Å². The first-order chi connectivity index (χ1) is 22.5. The van der Waals surface area contributed by atoms with Gasteiger partial charge in [0.2, 0.25) is 17.6 Å². The maximum absolute atomic E-state index is 14.0. The number of nitrogens with two attached hydrogens (primary N) is 1. The van der Waals surface area contributed by atoms with Crippen LogP contribution in [0.15, 0.2) is 24.3 Å². The zero-order valence-electron chi connectivity index (χ0n) is 30.3.